The van der Waals surface area contributed by atoms with Gasteiger partial charge in [-0.25, -0.2) is 0 Å². The summed E-state index contributed by atoms with van der Waals surface area (Å²) in [6.07, 6.45) is 0. The minimum absolute atomic E-state index is 0.0929. The van der Waals surface area contributed by atoms with Crippen LogP contribution in [0.4, 0.5) is 0 Å². The van der Waals surface area contributed by atoms with Gasteiger partial charge in [-0.15, -0.1) is 5.10 Å². The zero-order valence-electron chi connectivity index (χ0n) is 10.9. The summed E-state index contributed by atoms with van der Waals surface area (Å²) < 4.78 is 3.79. The van der Waals surface area contributed by atoms with Crippen LogP contribution in [0.15, 0.2) is 0 Å². The van der Waals surface area contributed by atoms with Gasteiger partial charge in [0.15, 0.2) is 0 Å². The van der Waals surface area contributed by atoms with Crippen molar-refractivity contribution in [3.8, 4) is 0 Å². The number of carbonyl (C=O) groups is 2. The van der Waals surface area contributed by atoms with Crippen molar-refractivity contribution in [2.75, 3.05) is 6.54 Å². The molecule has 6 nitrogen and oxygen atoms in total. The van der Waals surface area contributed by atoms with Crippen molar-refractivity contribution >= 4 is 23.4 Å². The van der Waals surface area contributed by atoms with Crippen LogP contribution < -0.4 is 5.32 Å². The second-order valence-electron chi connectivity index (χ2n) is 5.15. The second kappa shape index (κ2) is 5.43. The van der Waals surface area contributed by atoms with Crippen molar-refractivity contribution in [2.45, 2.75) is 33.1 Å². The fourth-order valence-corrected chi connectivity index (χ4v) is 2.04. The monoisotopic (exact) mass is 271 g/mol. The molecule has 1 amide bonds. The number of nitrogens with one attached hydrogen (secondary N) is 1. The van der Waals surface area contributed by atoms with Gasteiger partial charge < -0.3 is 10.4 Å². The van der Waals surface area contributed by atoms with Crippen molar-refractivity contribution in [1.29, 1.82) is 0 Å². The van der Waals surface area contributed by atoms with Crippen LogP contribution in [0.1, 0.15) is 43.1 Å². The van der Waals surface area contributed by atoms with E-state index in [0.717, 1.165) is 11.5 Å². The smallest absolute Gasteiger partial charge is 0.308 e. The van der Waals surface area contributed by atoms with Crippen LogP contribution in [0, 0.1) is 5.92 Å². The van der Waals surface area contributed by atoms with E-state index in [9.17, 15) is 9.59 Å². The Labute approximate surface area is 110 Å². The zero-order valence-corrected chi connectivity index (χ0v) is 11.7. The van der Waals surface area contributed by atoms with E-state index in [-0.39, 0.29) is 17.9 Å². The zero-order chi connectivity index (χ0) is 13.9. The number of rotatable bonds is 4. The molecule has 1 aromatic rings. The predicted molar refractivity (Wildman–Crippen MR) is 67.7 cm³/mol. The van der Waals surface area contributed by atoms with Gasteiger partial charge in [-0.2, -0.15) is 0 Å². The molecule has 0 bridgehead atoms. The Balaban J connectivity index is 2.74. The lowest BCUT2D eigenvalue weighted by molar-refractivity contribution is -0.140. The molecule has 1 unspecified atom stereocenters. The Morgan fingerprint density at radius 3 is 2.56 bits per heavy atom. The lowest BCUT2D eigenvalue weighted by Crippen LogP contribution is -2.32. The number of hydrogen-bond donors (Lipinski definition) is 2. The fraction of sp³-hybridized carbons (Fsp3) is 0.636. The molecule has 0 saturated heterocycles. The third-order valence-corrected chi connectivity index (χ3v) is 3.12. The molecule has 7 heteroatoms. The number of carboxylic acids is 1. The first-order valence-corrected chi connectivity index (χ1v) is 6.34. The largest absolute Gasteiger partial charge is 0.481 e. The third kappa shape index (κ3) is 3.49. The van der Waals surface area contributed by atoms with Gasteiger partial charge in [0.1, 0.15) is 4.88 Å². The van der Waals surface area contributed by atoms with E-state index < -0.39 is 11.9 Å². The fourth-order valence-electron chi connectivity index (χ4n) is 1.24. The Morgan fingerprint density at radius 2 is 2.06 bits per heavy atom. The molecule has 1 aromatic heterocycles. The first-order chi connectivity index (χ1) is 8.23. The Bertz CT molecular complexity index is 451. The minimum Gasteiger partial charge on any atom is -0.481 e. The molecule has 18 heavy (non-hydrogen) atoms. The van der Waals surface area contributed by atoms with Gasteiger partial charge in [0.2, 0.25) is 0 Å². The summed E-state index contributed by atoms with van der Waals surface area (Å²) in [5.74, 6) is -1.87. The van der Waals surface area contributed by atoms with E-state index in [1.165, 1.54) is 6.92 Å². The molecule has 0 aliphatic rings. The molecule has 0 aliphatic carbocycles. The van der Waals surface area contributed by atoms with E-state index in [2.05, 4.69) is 14.9 Å². The minimum atomic E-state index is -0.936. The number of carboxylic acid groups (broad SMARTS) is 1. The van der Waals surface area contributed by atoms with Crippen molar-refractivity contribution in [3.05, 3.63) is 10.6 Å². The Morgan fingerprint density at radius 1 is 1.44 bits per heavy atom. The average molecular weight is 271 g/mol. The maximum absolute atomic E-state index is 11.9. The van der Waals surface area contributed by atoms with Gasteiger partial charge in [-0.3, -0.25) is 9.59 Å². The topological polar surface area (TPSA) is 92.2 Å². The van der Waals surface area contributed by atoms with Gasteiger partial charge in [0.25, 0.3) is 5.91 Å². The molecule has 0 radical (unpaired) electrons. The van der Waals surface area contributed by atoms with Crippen LogP contribution in [0.3, 0.4) is 0 Å². The van der Waals surface area contributed by atoms with Crippen molar-refractivity contribution in [2.24, 2.45) is 5.92 Å². The van der Waals surface area contributed by atoms with Gasteiger partial charge in [-0.05, 0) is 11.5 Å². The number of hydrogen-bond acceptors (Lipinski definition) is 5. The number of carbonyl (C=O) groups excluding carboxylic acids is 1. The van der Waals surface area contributed by atoms with Gasteiger partial charge in [-0.1, -0.05) is 32.2 Å². The summed E-state index contributed by atoms with van der Waals surface area (Å²) in [5.41, 5.74) is 0.367. The lowest BCUT2D eigenvalue weighted by atomic mass is 9.91. The van der Waals surface area contributed by atoms with Crippen LogP contribution >= 0.6 is 11.5 Å². The number of amides is 1. The maximum atomic E-state index is 11.9. The predicted octanol–water partition coefficient (Wildman–Crippen LogP) is 1.29. The maximum Gasteiger partial charge on any atom is 0.308 e. The van der Waals surface area contributed by atoms with Crippen molar-refractivity contribution in [1.82, 2.24) is 14.9 Å². The SMILES string of the molecule is CC(CNC(=O)c1snnc1C(C)(C)C)C(=O)O. The second-order valence-corrected chi connectivity index (χ2v) is 5.90. The number of nitrogens with zero attached hydrogens (tertiary/aromatic N) is 2. The van der Waals surface area contributed by atoms with E-state index in [1.54, 1.807) is 0 Å². The third-order valence-electron chi connectivity index (χ3n) is 2.40. The summed E-state index contributed by atoms with van der Waals surface area (Å²) in [5, 5.41) is 15.3. The molecule has 2 N–H and O–H groups in total. The van der Waals surface area contributed by atoms with E-state index >= 15 is 0 Å². The lowest BCUT2D eigenvalue weighted by Gasteiger charge is -2.16. The summed E-state index contributed by atoms with van der Waals surface area (Å²) >= 11 is 1.02. The quantitative estimate of drug-likeness (QED) is 0.860. The molecule has 0 aliphatic heterocycles. The van der Waals surface area contributed by atoms with Crippen LogP contribution in [-0.2, 0) is 10.2 Å². The highest BCUT2D eigenvalue weighted by Crippen LogP contribution is 2.25. The molecule has 1 heterocycles. The van der Waals surface area contributed by atoms with Crippen LogP contribution in [0.25, 0.3) is 0 Å². The molecule has 100 valence electrons. The molecule has 1 rings (SSSR count). The van der Waals surface area contributed by atoms with Crippen LogP contribution in [0.5, 0.6) is 0 Å². The van der Waals surface area contributed by atoms with Crippen molar-refractivity contribution < 1.29 is 14.7 Å². The summed E-state index contributed by atoms with van der Waals surface area (Å²) in [4.78, 5) is 23.0. The van der Waals surface area contributed by atoms with E-state index in [1.807, 2.05) is 20.8 Å². The Kier molecular flexibility index (Phi) is 4.39. The number of aliphatic carboxylic acids is 1. The molecular formula is C11H17N3O3S. The normalized spacial score (nSPS) is 13.1. The van der Waals surface area contributed by atoms with E-state index in [0.29, 0.717) is 10.6 Å². The van der Waals surface area contributed by atoms with Crippen LogP contribution in [-0.4, -0.2) is 33.1 Å². The summed E-state index contributed by atoms with van der Waals surface area (Å²) in [7, 11) is 0. The van der Waals surface area contributed by atoms with Crippen molar-refractivity contribution in [3.63, 3.8) is 0 Å². The summed E-state index contributed by atoms with van der Waals surface area (Å²) in [6.45, 7) is 7.47. The summed E-state index contributed by atoms with van der Waals surface area (Å²) in [6, 6.07) is 0. The van der Waals surface area contributed by atoms with Gasteiger partial charge in [0, 0.05) is 12.0 Å². The number of aromatic nitrogens is 2. The highest BCUT2D eigenvalue weighted by atomic mass is 32.1. The molecule has 0 fully saturated rings. The Hall–Kier alpha value is -1.50. The molecular weight excluding hydrogens is 254 g/mol. The highest BCUT2D eigenvalue weighted by Gasteiger charge is 2.26. The first kappa shape index (κ1) is 14.6. The van der Waals surface area contributed by atoms with E-state index in [4.69, 9.17) is 5.11 Å². The first-order valence-electron chi connectivity index (χ1n) is 5.57. The highest BCUT2D eigenvalue weighted by molar-refractivity contribution is 7.08. The van der Waals surface area contributed by atoms with Gasteiger partial charge in [0.05, 0.1) is 11.6 Å². The molecule has 1 atom stereocenters. The standard InChI is InChI=1S/C11H17N3O3S/c1-6(10(16)17)5-12-9(15)7-8(11(2,3)4)13-14-18-7/h6H,5H2,1-4H3,(H,12,15)(H,16,17). The average Bonchev–Trinajstić information content (AvgIpc) is 2.73. The molecule has 0 aromatic carbocycles. The molecule has 0 spiro atoms. The molecule has 0 saturated carbocycles. The van der Waals surface area contributed by atoms with Gasteiger partial charge >= 0.3 is 5.97 Å². The van der Waals surface area contributed by atoms with Crippen LogP contribution in [0.2, 0.25) is 0 Å².